The van der Waals surface area contributed by atoms with Crippen molar-refractivity contribution in [3.8, 4) is 5.75 Å². The average Bonchev–Trinajstić information content (AvgIpc) is 2.97. The van der Waals surface area contributed by atoms with Crippen LogP contribution in [0.3, 0.4) is 0 Å². The first-order valence-corrected chi connectivity index (χ1v) is 8.56. The summed E-state index contributed by atoms with van der Waals surface area (Å²) in [5, 5.41) is 13.5. The highest BCUT2D eigenvalue weighted by molar-refractivity contribution is 9.10. The molecule has 6 nitrogen and oxygen atoms in total. The van der Waals surface area contributed by atoms with Crippen molar-refractivity contribution in [2.75, 3.05) is 0 Å². The topological polar surface area (TPSA) is 88.8 Å². The molecule has 0 saturated carbocycles. The van der Waals surface area contributed by atoms with Crippen LogP contribution >= 0.6 is 15.9 Å². The van der Waals surface area contributed by atoms with Crippen LogP contribution in [0.1, 0.15) is 53.3 Å². The first-order valence-electron chi connectivity index (χ1n) is 7.77. The van der Waals surface area contributed by atoms with E-state index in [1.807, 2.05) is 0 Å². The highest BCUT2D eigenvalue weighted by atomic mass is 79.9. The van der Waals surface area contributed by atoms with Crippen molar-refractivity contribution < 1.29 is 23.8 Å². The number of rotatable bonds is 3. The number of amides is 1. The zero-order valence-corrected chi connectivity index (χ0v) is 15.6. The molecule has 0 radical (unpaired) electrons. The van der Waals surface area contributed by atoms with Gasteiger partial charge < -0.3 is 19.6 Å². The van der Waals surface area contributed by atoms with Gasteiger partial charge in [0.05, 0.1) is 6.04 Å². The lowest BCUT2D eigenvalue weighted by Crippen LogP contribution is -2.53. The number of Topliss-reactive ketones (excluding diaryl/α,β-unsaturated/α-hetero) is 1. The molecule has 1 aliphatic heterocycles. The molecule has 2 aromatic rings. The van der Waals surface area contributed by atoms with Gasteiger partial charge in [0.2, 0.25) is 0 Å². The Balaban J connectivity index is 2.00. The zero-order chi connectivity index (χ0) is 18.4. The van der Waals surface area contributed by atoms with E-state index in [0.29, 0.717) is 21.5 Å². The van der Waals surface area contributed by atoms with E-state index >= 15 is 0 Å². The van der Waals surface area contributed by atoms with Crippen LogP contribution in [0.4, 0.5) is 0 Å². The molecule has 0 unspecified atom stereocenters. The van der Waals surface area contributed by atoms with Gasteiger partial charge in [-0.3, -0.25) is 9.59 Å². The number of halogens is 1. The van der Waals surface area contributed by atoms with Gasteiger partial charge in [0.25, 0.3) is 5.91 Å². The lowest BCUT2D eigenvalue weighted by molar-refractivity contribution is -0.0628. The molecule has 0 spiro atoms. The molecule has 2 N–H and O–H groups in total. The monoisotopic (exact) mass is 407 g/mol. The smallest absolute Gasteiger partial charge is 0.287 e. The van der Waals surface area contributed by atoms with E-state index in [-0.39, 0.29) is 11.5 Å². The summed E-state index contributed by atoms with van der Waals surface area (Å²) in [6, 6.07) is 7.39. The van der Waals surface area contributed by atoms with Gasteiger partial charge in [0.1, 0.15) is 17.5 Å². The number of benzene rings is 1. The Morgan fingerprint density at radius 3 is 2.56 bits per heavy atom. The zero-order valence-electron chi connectivity index (χ0n) is 14.0. The predicted molar refractivity (Wildman–Crippen MR) is 93.8 cm³/mol. The fourth-order valence-corrected chi connectivity index (χ4v) is 3.13. The minimum Gasteiger partial charge on any atom is -0.485 e. The van der Waals surface area contributed by atoms with E-state index in [1.165, 1.54) is 13.0 Å². The second kappa shape index (κ2) is 6.31. The summed E-state index contributed by atoms with van der Waals surface area (Å²) < 4.78 is 11.5. The molecule has 1 aromatic carbocycles. The molecule has 1 aliphatic rings. The lowest BCUT2D eigenvalue weighted by atomic mass is 9.85. The van der Waals surface area contributed by atoms with Crippen LogP contribution in [-0.4, -0.2) is 28.5 Å². The maximum atomic E-state index is 12.5. The molecule has 0 aliphatic carbocycles. The highest BCUT2D eigenvalue weighted by Gasteiger charge is 2.44. The SMILES string of the molecule is CC(=O)c1ccc2c(c1)[C@@H](NC(=O)c1ccc(Br)o1)[C@H](O)C(C)(C)O2. The summed E-state index contributed by atoms with van der Waals surface area (Å²) in [6.07, 6.45) is -1.01. The summed E-state index contributed by atoms with van der Waals surface area (Å²) in [4.78, 5) is 24.1. The molecular weight excluding hydrogens is 390 g/mol. The van der Waals surface area contributed by atoms with Gasteiger partial charge in [-0.15, -0.1) is 0 Å². The van der Waals surface area contributed by atoms with E-state index in [1.54, 1.807) is 38.1 Å². The second-order valence-electron chi connectivity index (χ2n) is 6.51. The molecule has 0 saturated heterocycles. The Bertz CT molecular complexity index is 842. The molecule has 132 valence electrons. The van der Waals surface area contributed by atoms with Crippen molar-refractivity contribution >= 4 is 27.6 Å². The first-order chi connectivity index (χ1) is 11.7. The van der Waals surface area contributed by atoms with E-state index in [9.17, 15) is 14.7 Å². The molecule has 1 aromatic heterocycles. The Morgan fingerprint density at radius 2 is 1.96 bits per heavy atom. The molecule has 0 fully saturated rings. The van der Waals surface area contributed by atoms with Gasteiger partial charge in [0, 0.05) is 11.1 Å². The molecular formula is C18H18BrNO5. The van der Waals surface area contributed by atoms with Crippen LogP contribution in [0, 0.1) is 0 Å². The first kappa shape index (κ1) is 17.7. The predicted octanol–water partition coefficient (Wildman–Crippen LogP) is 3.25. The highest BCUT2D eigenvalue weighted by Crippen LogP contribution is 2.40. The normalized spacial score (nSPS) is 21.2. The van der Waals surface area contributed by atoms with Gasteiger partial charge in [-0.1, -0.05) is 0 Å². The number of hydrogen-bond acceptors (Lipinski definition) is 5. The number of ketones is 1. The number of fused-ring (bicyclic) bond motifs is 1. The largest absolute Gasteiger partial charge is 0.485 e. The van der Waals surface area contributed by atoms with Crippen molar-refractivity contribution in [3.63, 3.8) is 0 Å². The molecule has 1 amide bonds. The summed E-state index contributed by atoms with van der Waals surface area (Å²) in [7, 11) is 0. The summed E-state index contributed by atoms with van der Waals surface area (Å²) in [5.74, 6) is 0.0627. The number of carbonyl (C=O) groups is 2. The quantitative estimate of drug-likeness (QED) is 0.762. The van der Waals surface area contributed by atoms with Crippen molar-refractivity contribution in [2.24, 2.45) is 0 Å². The van der Waals surface area contributed by atoms with Gasteiger partial charge in [-0.05, 0) is 67.0 Å². The number of hydrogen-bond donors (Lipinski definition) is 2. The third kappa shape index (κ3) is 3.34. The Morgan fingerprint density at radius 1 is 1.24 bits per heavy atom. The van der Waals surface area contributed by atoms with Crippen molar-refractivity contribution in [2.45, 2.75) is 38.5 Å². The van der Waals surface area contributed by atoms with E-state index < -0.39 is 23.7 Å². The molecule has 25 heavy (non-hydrogen) atoms. The van der Waals surface area contributed by atoms with Crippen LogP contribution < -0.4 is 10.1 Å². The second-order valence-corrected chi connectivity index (χ2v) is 7.30. The molecule has 0 bridgehead atoms. The molecule has 7 heteroatoms. The van der Waals surface area contributed by atoms with Crippen LogP contribution in [0.5, 0.6) is 5.75 Å². The standard InChI is InChI=1S/C18H18BrNO5/c1-9(21)10-4-5-12-11(8-10)15(16(22)18(2,3)25-12)20-17(23)13-6-7-14(19)24-13/h4-8,15-16,22H,1-3H3,(H,20,23)/t15-,16+/m1/s1. The molecule has 2 atom stereocenters. The van der Waals surface area contributed by atoms with Crippen molar-refractivity contribution in [3.05, 3.63) is 51.9 Å². The number of nitrogens with one attached hydrogen (secondary N) is 1. The van der Waals surface area contributed by atoms with Gasteiger partial charge in [-0.2, -0.15) is 0 Å². The van der Waals surface area contributed by atoms with Crippen molar-refractivity contribution in [1.82, 2.24) is 5.32 Å². The van der Waals surface area contributed by atoms with Crippen LogP contribution in [0.25, 0.3) is 0 Å². The Kier molecular flexibility index (Phi) is 4.47. The maximum Gasteiger partial charge on any atom is 0.287 e. The van der Waals surface area contributed by atoms with E-state index in [2.05, 4.69) is 21.2 Å². The minimum atomic E-state index is -1.01. The number of ether oxygens (including phenoxy) is 1. The maximum absolute atomic E-state index is 12.5. The summed E-state index contributed by atoms with van der Waals surface area (Å²) >= 11 is 3.15. The Labute approximate surface area is 153 Å². The van der Waals surface area contributed by atoms with E-state index in [4.69, 9.17) is 9.15 Å². The minimum absolute atomic E-state index is 0.109. The summed E-state index contributed by atoms with van der Waals surface area (Å²) in [6.45, 7) is 4.93. The van der Waals surface area contributed by atoms with Crippen LogP contribution in [0.15, 0.2) is 39.4 Å². The third-order valence-electron chi connectivity index (χ3n) is 4.24. The number of furan rings is 1. The Hall–Kier alpha value is -2.12. The fourth-order valence-electron chi connectivity index (χ4n) is 2.82. The van der Waals surface area contributed by atoms with Crippen molar-refractivity contribution in [1.29, 1.82) is 0 Å². The van der Waals surface area contributed by atoms with Gasteiger partial charge in [-0.25, -0.2) is 0 Å². The summed E-state index contributed by atoms with van der Waals surface area (Å²) in [5.41, 5.74) is 0.125. The number of aliphatic hydroxyl groups is 1. The van der Waals surface area contributed by atoms with Crippen LogP contribution in [-0.2, 0) is 0 Å². The number of aliphatic hydroxyl groups excluding tert-OH is 1. The fraction of sp³-hybridized carbons (Fsp3) is 0.333. The van der Waals surface area contributed by atoms with Gasteiger partial charge >= 0.3 is 0 Å². The third-order valence-corrected chi connectivity index (χ3v) is 4.66. The molecule has 3 rings (SSSR count). The lowest BCUT2D eigenvalue weighted by Gasteiger charge is -2.42. The molecule has 2 heterocycles. The van der Waals surface area contributed by atoms with Gasteiger partial charge in [0.15, 0.2) is 16.2 Å². The number of carbonyl (C=O) groups excluding carboxylic acids is 2. The van der Waals surface area contributed by atoms with Crippen LogP contribution in [0.2, 0.25) is 0 Å². The average molecular weight is 408 g/mol. The van der Waals surface area contributed by atoms with E-state index in [0.717, 1.165) is 0 Å².